The van der Waals surface area contributed by atoms with Gasteiger partial charge in [-0.15, -0.1) is 11.3 Å². The fourth-order valence-electron chi connectivity index (χ4n) is 2.70. The fourth-order valence-corrected chi connectivity index (χ4v) is 3.44. The fraction of sp³-hybridized carbons (Fsp3) is 0.667. The summed E-state index contributed by atoms with van der Waals surface area (Å²) >= 11 is 1.57. The van der Waals surface area contributed by atoms with Gasteiger partial charge in [0.05, 0.1) is 23.7 Å². The van der Waals surface area contributed by atoms with Gasteiger partial charge in [0.1, 0.15) is 5.54 Å². The number of carbonyl (C=O) groups excluding carboxylic acids is 2. The molecule has 0 radical (unpaired) electrons. The highest BCUT2D eigenvalue weighted by Crippen LogP contribution is 2.31. The quantitative estimate of drug-likeness (QED) is 0.818. The lowest BCUT2D eigenvalue weighted by Crippen LogP contribution is -2.53. The highest BCUT2D eigenvalue weighted by atomic mass is 32.1. The molecular formula is C15H22N2O3S. The van der Waals surface area contributed by atoms with Crippen molar-refractivity contribution < 1.29 is 14.3 Å². The van der Waals surface area contributed by atoms with E-state index in [0.29, 0.717) is 19.4 Å². The molecule has 1 aliphatic rings. The van der Waals surface area contributed by atoms with Crippen LogP contribution in [-0.4, -0.2) is 29.0 Å². The summed E-state index contributed by atoms with van der Waals surface area (Å²) in [5, 5.41) is 5.84. The van der Waals surface area contributed by atoms with Crippen LogP contribution < -0.4 is 5.32 Å². The molecule has 1 heterocycles. The third kappa shape index (κ3) is 3.81. The number of esters is 1. The Morgan fingerprint density at radius 2 is 2.10 bits per heavy atom. The van der Waals surface area contributed by atoms with Gasteiger partial charge in [-0.05, 0) is 26.2 Å². The number of thiazole rings is 1. The van der Waals surface area contributed by atoms with Crippen LogP contribution in [0.25, 0.3) is 0 Å². The number of nitrogens with zero attached hydrogens (tertiary/aromatic N) is 1. The van der Waals surface area contributed by atoms with Crippen molar-refractivity contribution >= 4 is 23.2 Å². The minimum absolute atomic E-state index is 0.155. The Labute approximate surface area is 129 Å². The zero-order chi connectivity index (χ0) is 15.3. The van der Waals surface area contributed by atoms with Crippen molar-refractivity contribution in [1.29, 1.82) is 0 Å². The van der Waals surface area contributed by atoms with E-state index in [1.54, 1.807) is 18.3 Å². The molecule has 1 amide bonds. The van der Waals surface area contributed by atoms with Gasteiger partial charge in [-0.25, -0.2) is 9.78 Å². The molecule has 0 aliphatic heterocycles. The number of aryl methyl sites for hydroxylation is 1. The molecule has 116 valence electrons. The van der Waals surface area contributed by atoms with E-state index < -0.39 is 5.54 Å². The van der Waals surface area contributed by atoms with Crippen LogP contribution in [0.4, 0.5) is 0 Å². The highest BCUT2D eigenvalue weighted by molar-refractivity contribution is 7.09. The van der Waals surface area contributed by atoms with Gasteiger partial charge in [0, 0.05) is 5.38 Å². The lowest BCUT2D eigenvalue weighted by molar-refractivity contribution is -0.153. The molecule has 5 nitrogen and oxygen atoms in total. The average molecular weight is 310 g/mol. The molecule has 1 fully saturated rings. The number of nitrogens with one attached hydrogen (secondary N) is 1. The van der Waals surface area contributed by atoms with E-state index in [9.17, 15) is 9.59 Å². The normalized spacial score (nSPS) is 16.7. The number of amides is 1. The minimum Gasteiger partial charge on any atom is -0.464 e. The maximum absolute atomic E-state index is 12.2. The summed E-state index contributed by atoms with van der Waals surface area (Å²) in [6.07, 6.45) is 4.30. The van der Waals surface area contributed by atoms with Crippen LogP contribution in [0.15, 0.2) is 5.38 Å². The third-order valence-electron chi connectivity index (χ3n) is 3.75. The third-order valence-corrected chi connectivity index (χ3v) is 4.79. The first-order valence-electron chi connectivity index (χ1n) is 7.51. The van der Waals surface area contributed by atoms with E-state index in [1.165, 1.54) is 0 Å². The predicted octanol–water partition coefficient (Wildman–Crippen LogP) is 2.24. The molecule has 21 heavy (non-hydrogen) atoms. The van der Waals surface area contributed by atoms with Gasteiger partial charge < -0.3 is 10.1 Å². The van der Waals surface area contributed by atoms with E-state index in [4.69, 9.17) is 4.74 Å². The Kier molecular flexibility index (Phi) is 5.33. The first-order valence-corrected chi connectivity index (χ1v) is 8.39. The maximum Gasteiger partial charge on any atom is 0.331 e. The van der Waals surface area contributed by atoms with Gasteiger partial charge in [-0.3, -0.25) is 4.79 Å². The molecule has 0 spiro atoms. The molecular weight excluding hydrogens is 288 g/mol. The van der Waals surface area contributed by atoms with Crippen molar-refractivity contribution in [3.05, 3.63) is 16.1 Å². The van der Waals surface area contributed by atoms with Gasteiger partial charge in [0.2, 0.25) is 5.91 Å². The molecule has 0 saturated heterocycles. The standard InChI is InChI=1S/C15H22N2O3S/c1-3-13-16-11(10-21-13)9-12(18)17-15(7-5-6-8-15)14(19)20-4-2/h10H,3-9H2,1-2H3,(H,17,18). The largest absolute Gasteiger partial charge is 0.464 e. The molecule has 1 N–H and O–H groups in total. The van der Waals surface area contributed by atoms with Crippen molar-refractivity contribution in [1.82, 2.24) is 10.3 Å². The van der Waals surface area contributed by atoms with Gasteiger partial charge in [-0.2, -0.15) is 0 Å². The smallest absolute Gasteiger partial charge is 0.331 e. The Bertz CT molecular complexity index is 507. The number of carbonyl (C=O) groups is 2. The molecule has 0 atom stereocenters. The molecule has 1 aromatic heterocycles. The molecule has 0 unspecified atom stereocenters. The minimum atomic E-state index is -0.823. The average Bonchev–Trinajstić information content (AvgIpc) is 3.09. The van der Waals surface area contributed by atoms with Gasteiger partial charge in [-0.1, -0.05) is 19.8 Å². The molecule has 0 bridgehead atoms. The Hall–Kier alpha value is -1.43. The van der Waals surface area contributed by atoms with E-state index in [0.717, 1.165) is 30.0 Å². The van der Waals surface area contributed by atoms with Crippen LogP contribution in [0.3, 0.4) is 0 Å². The van der Waals surface area contributed by atoms with Crippen LogP contribution in [0, 0.1) is 0 Å². The molecule has 6 heteroatoms. The summed E-state index contributed by atoms with van der Waals surface area (Å²) in [5.74, 6) is -0.457. The first-order chi connectivity index (χ1) is 10.1. The Morgan fingerprint density at radius 3 is 2.67 bits per heavy atom. The van der Waals surface area contributed by atoms with Gasteiger partial charge >= 0.3 is 5.97 Å². The number of hydrogen-bond acceptors (Lipinski definition) is 5. The van der Waals surface area contributed by atoms with Crippen molar-refractivity contribution in [2.24, 2.45) is 0 Å². The van der Waals surface area contributed by atoms with Crippen LogP contribution >= 0.6 is 11.3 Å². The molecule has 1 aromatic rings. The lowest BCUT2D eigenvalue weighted by Gasteiger charge is -2.27. The van der Waals surface area contributed by atoms with Crippen LogP contribution in [0.1, 0.15) is 50.2 Å². The zero-order valence-corrected chi connectivity index (χ0v) is 13.4. The van der Waals surface area contributed by atoms with Crippen LogP contribution in [0.2, 0.25) is 0 Å². The van der Waals surface area contributed by atoms with Crippen molar-refractivity contribution in [2.75, 3.05) is 6.61 Å². The summed E-state index contributed by atoms with van der Waals surface area (Å²) in [6, 6.07) is 0. The molecule has 1 aliphatic carbocycles. The van der Waals surface area contributed by atoms with Crippen molar-refractivity contribution in [2.45, 2.75) is 57.9 Å². The second-order valence-electron chi connectivity index (χ2n) is 5.32. The number of rotatable bonds is 6. The maximum atomic E-state index is 12.2. The number of aromatic nitrogens is 1. The lowest BCUT2D eigenvalue weighted by atomic mass is 9.97. The summed E-state index contributed by atoms with van der Waals surface area (Å²) in [5.41, 5.74) is -0.0529. The van der Waals surface area contributed by atoms with Crippen LogP contribution in [-0.2, 0) is 27.2 Å². The second-order valence-corrected chi connectivity index (χ2v) is 6.26. The van der Waals surface area contributed by atoms with Crippen LogP contribution in [0.5, 0.6) is 0 Å². The second kappa shape index (κ2) is 7.02. The number of hydrogen-bond donors (Lipinski definition) is 1. The zero-order valence-electron chi connectivity index (χ0n) is 12.6. The van der Waals surface area contributed by atoms with Gasteiger partial charge in [0.15, 0.2) is 0 Å². The van der Waals surface area contributed by atoms with E-state index in [2.05, 4.69) is 10.3 Å². The first kappa shape index (κ1) is 15.9. The summed E-state index contributed by atoms with van der Waals surface area (Å²) in [6.45, 7) is 4.16. The summed E-state index contributed by atoms with van der Waals surface area (Å²) < 4.78 is 5.13. The van der Waals surface area contributed by atoms with E-state index in [-0.39, 0.29) is 18.3 Å². The van der Waals surface area contributed by atoms with E-state index in [1.807, 2.05) is 12.3 Å². The molecule has 1 saturated carbocycles. The van der Waals surface area contributed by atoms with Gasteiger partial charge in [0.25, 0.3) is 0 Å². The SMILES string of the molecule is CCOC(=O)C1(NC(=O)Cc2csc(CC)n2)CCCC1. The van der Waals surface area contributed by atoms with Crippen molar-refractivity contribution in [3.8, 4) is 0 Å². The monoisotopic (exact) mass is 310 g/mol. The highest BCUT2D eigenvalue weighted by Gasteiger charge is 2.43. The molecule has 0 aromatic carbocycles. The predicted molar refractivity (Wildman–Crippen MR) is 81.2 cm³/mol. The Balaban J connectivity index is 1.99. The van der Waals surface area contributed by atoms with Crippen molar-refractivity contribution in [3.63, 3.8) is 0 Å². The number of ether oxygens (including phenoxy) is 1. The topological polar surface area (TPSA) is 68.3 Å². The Morgan fingerprint density at radius 1 is 1.38 bits per heavy atom. The summed E-state index contributed by atoms with van der Waals surface area (Å²) in [7, 11) is 0. The van der Waals surface area contributed by atoms with E-state index >= 15 is 0 Å². The summed E-state index contributed by atoms with van der Waals surface area (Å²) in [4.78, 5) is 28.8. The molecule has 2 rings (SSSR count).